The summed E-state index contributed by atoms with van der Waals surface area (Å²) in [6.45, 7) is 4.42. The molecule has 0 saturated heterocycles. The Morgan fingerprint density at radius 3 is 2.61 bits per heavy atom. The van der Waals surface area contributed by atoms with Crippen LogP contribution in [0.25, 0.3) is 0 Å². The molecule has 0 radical (unpaired) electrons. The van der Waals surface area contributed by atoms with E-state index in [1.54, 1.807) is 0 Å². The highest BCUT2D eigenvalue weighted by atomic mass is 35.5. The van der Waals surface area contributed by atoms with Gasteiger partial charge in [0.15, 0.2) is 0 Å². The number of unbranched alkanes of at least 4 members (excludes halogenated alkanes) is 4. The van der Waals surface area contributed by atoms with Gasteiger partial charge in [0.1, 0.15) is 0 Å². The minimum absolute atomic E-state index is 0.392. The van der Waals surface area contributed by atoms with Crippen molar-refractivity contribution in [1.29, 1.82) is 0 Å². The molecule has 2 heteroatoms. The standard InChI is InChI=1S/C16H24ClN/c1-3-4-5-6-7-10-14(2)18-13-15-11-8-9-12-16(15)17/h8-9,11-14H,3-7,10H2,1-2H3. The molecule has 0 fully saturated rings. The van der Waals surface area contributed by atoms with Crippen LogP contribution in [-0.2, 0) is 0 Å². The summed E-state index contributed by atoms with van der Waals surface area (Å²) in [6, 6.07) is 8.22. The van der Waals surface area contributed by atoms with Crippen LogP contribution in [0.5, 0.6) is 0 Å². The first-order chi connectivity index (χ1) is 8.74. The third-order valence-electron chi connectivity index (χ3n) is 3.10. The van der Waals surface area contributed by atoms with E-state index in [1.807, 2.05) is 30.5 Å². The molecule has 18 heavy (non-hydrogen) atoms. The highest BCUT2D eigenvalue weighted by molar-refractivity contribution is 6.33. The highest BCUT2D eigenvalue weighted by Gasteiger charge is 1.99. The Balaban J connectivity index is 2.27. The molecule has 0 aromatic heterocycles. The van der Waals surface area contributed by atoms with E-state index < -0.39 is 0 Å². The Kier molecular flexibility index (Phi) is 7.75. The summed E-state index contributed by atoms with van der Waals surface area (Å²) in [6.07, 6.45) is 9.71. The van der Waals surface area contributed by atoms with Gasteiger partial charge in [0.2, 0.25) is 0 Å². The molecule has 1 aromatic carbocycles. The first-order valence-corrected chi connectivity index (χ1v) is 7.39. The minimum atomic E-state index is 0.392. The molecular weight excluding hydrogens is 242 g/mol. The lowest BCUT2D eigenvalue weighted by atomic mass is 10.1. The topological polar surface area (TPSA) is 12.4 Å². The van der Waals surface area contributed by atoms with Crippen LogP contribution in [0.4, 0.5) is 0 Å². The van der Waals surface area contributed by atoms with Gasteiger partial charge in [-0.05, 0) is 19.4 Å². The average Bonchev–Trinajstić information content (AvgIpc) is 2.37. The largest absolute Gasteiger partial charge is 0.289 e. The lowest BCUT2D eigenvalue weighted by Crippen LogP contribution is -1.99. The van der Waals surface area contributed by atoms with Gasteiger partial charge in [-0.2, -0.15) is 0 Å². The molecule has 0 heterocycles. The van der Waals surface area contributed by atoms with Crippen LogP contribution in [0.1, 0.15) is 57.9 Å². The minimum Gasteiger partial charge on any atom is -0.289 e. The van der Waals surface area contributed by atoms with Crippen molar-refractivity contribution < 1.29 is 0 Å². The molecule has 1 unspecified atom stereocenters. The highest BCUT2D eigenvalue weighted by Crippen LogP contribution is 2.14. The number of benzene rings is 1. The Morgan fingerprint density at radius 2 is 1.89 bits per heavy atom. The van der Waals surface area contributed by atoms with Gasteiger partial charge in [-0.3, -0.25) is 4.99 Å². The molecule has 1 rings (SSSR count). The number of hydrogen-bond donors (Lipinski definition) is 0. The normalized spacial score (nSPS) is 13.1. The van der Waals surface area contributed by atoms with Crippen molar-refractivity contribution in [3.63, 3.8) is 0 Å². The van der Waals surface area contributed by atoms with Crippen LogP contribution in [-0.4, -0.2) is 12.3 Å². The second-order valence-corrected chi connectivity index (χ2v) is 5.26. The fourth-order valence-electron chi connectivity index (χ4n) is 1.91. The molecule has 0 spiro atoms. The van der Waals surface area contributed by atoms with E-state index >= 15 is 0 Å². The molecule has 0 N–H and O–H groups in total. The summed E-state index contributed by atoms with van der Waals surface area (Å²) < 4.78 is 0. The van der Waals surface area contributed by atoms with Crippen molar-refractivity contribution in [1.82, 2.24) is 0 Å². The zero-order valence-corrected chi connectivity index (χ0v) is 12.3. The molecular formula is C16H24ClN. The number of aliphatic imine (C=N–C) groups is 1. The van der Waals surface area contributed by atoms with E-state index in [4.69, 9.17) is 11.6 Å². The van der Waals surface area contributed by atoms with Gasteiger partial charge in [0.25, 0.3) is 0 Å². The van der Waals surface area contributed by atoms with E-state index in [1.165, 1.54) is 38.5 Å². The SMILES string of the molecule is CCCCCCCC(C)N=Cc1ccccc1Cl. The van der Waals surface area contributed by atoms with Crippen LogP contribution in [0, 0.1) is 0 Å². The van der Waals surface area contributed by atoms with Crippen molar-refractivity contribution in [3.05, 3.63) is 34.9 Å². The quantitative estimate of drug-likeness (QED) is 0.434. The van der Waals surface area contributed by atoms with Gasteiger partial charge < -0.3 is 0 Å². The molecule has 1 atom stereocenters. The van der Waals surface area contributed by atoms with E-state index in [0.717, 1.165) is 10.6 Å². The van der Waals surface area contributed by atoms with Crippen molar-refractivity contribution in [2.75, 3.05) is 0 Å². The summed E-state index contributed by atoms with van der Waals surface area (Å²) in [4.78, 5) is 4.56. The second kappa shape index (κ2) is 9.16. The van der Waals surface area contributed by atoms with E-state index in [-0.39, 0.29) is 0 Å². The molecule has 100 valence electrons. The number of rotatable bonds is 8. The first kappa shape index (κ1) is 15.2. The maximum absolute atomic E-state index is 6.08. The van der Waals surface area contributed by atoms with Crippen LogP contribution >= 0.6 is 11.6 Å². The zero-order valence-electron chi connectivity index (χ0n) is 11.5. The van der Waals surface area contributed by atoms with Crippen LogP contribution in [0.15, 0.2) is 29.3 Å². The van der Waals surface area contributed by atoms with Crippen molar-refractivity contribution in [3.8, 4) is 0 Å². The number of hydrogen-bond acceptors (Lipinski definition) is 1. The van der Waals surface area contributed by atoms with Gasteiger partial charge in [-0.25, -0.2) is 0 Å². The number of nitrogens with zero attached hydrogens (tertiary/aromatic N) is 1. The van der Waals surface area contributed by atoms with Crippen LogP contribution < -0.4 is 0 Å². The van der Waals surface area contributed by atoms with Crippen molar-refractivity contribution in [2.45, 2.75) is 58.4 Å². The maximum Gasteiger partial charge on any atom is 0.0493 e. The summed E-state index contributed by atoms with van der Waals surface area (Å²) in [5.41, 5.74) is 1.01. The van der Waals surface area contributed by atoms with Crippen molar-refractivity contribution in [2.24, 2.45) is 4.99 Å². The number of halogens is 1. The van der Waals surface area contributed by atoms with Gasteiger partial charge in [-0.15, -0.1) is 0 Å². The molecule has 1 aromatic rings. The van der Waals surface area contributed by atoms with Gasteiger partial charge >= 0.3 is 0 Å². The smallest absolute Gasteiger partial charge is 0.0493 e. The van der Waals surface area contributed by atoms with Crippen LogP contribution in [0.3, 0.4) is 0 Å². The lowest BCUT2D eigenvalue weighted by Gasteiger charge is -2.06. The zero-order chi connectivity index (χ0) is 13.2. The first-order valence-electron chi connectivity index (χ1n) is 7.01. The van der Waals surface area contributed by atoms with Gasteiger partial charge in [0.05, 0.1) is 0 Å². The Morgan fingerprint density at radius 1 is 1.17 bits per heavy atom. The van der Waals surface area contributed by atoms with E-state index in [2.05, 4.69) is 18.8 Å². The fourth-order valence-corrected chi connectivity index (χ4v) is 2.09. The predicted octanol–water partition coefficient (Wildman–Crippen LogP) is 5.51. The molecule has 0 bridgehead atoms. The Bertz CT molecular complexity index is 360. The van der Waals surface area contributed by atoms with Gasteiger partial charge in [-0.1, -0.05) is 68.8 Å². The third-order valence-corrected chi connectivity index (χ3v) is 3.44. The van der Waals surface area contributed by atoms with Crippen LogP contribution in [0.2, 0.25) is 5.02 Å². The summed E-state index contributed by atoms with van der Waals surface area (Å²) in [7, 11) is 0. The maximum atomic E-state index is 6.08. The predicted molar refractivity (Wildman–Crippen MR) is 81.9 cm³/mol. The molecule has 0 aliphatic heterocycles. The molecule has 0 saturated carbocycles. The second-order valence-electron chi connectivity index (χ2n) is 4.85. The molecule has 0 aliphatic rings. The monoisotopic (exact) mass is 265 g/mol. The lowest BCUT2D eigenvalue weighted by molar-refractivity contribution is 0.565. The average molecular weight is 266 g/mol. The molecule has 1 nitrogen and oxygen atoms in total. The van der Waals surface area contributed by atoms with E-state index in [0.29, 0.717) is 6.04 Å². The third kappa shape index (κ3) is 6.20. The summed E-state index contributed by atoms with van der Waals surface area (Å²) in [5, 5.41) is 0.774. The van der Waals surface area contributed by atoms with E-state index in [9.17, 15) is 0 Å². The Labute approximate surface area is 116 Å². The Hall–Kier alpha value is -0.820. The van der Waals surface area contributed by atoms with Crippen molar-refractivity contribution >= 4 is 17.8 Å². The van der Waals surface area contributed by atoms with Gasteiger partial charge in [0, 0.05) is 22.8 Å². The molecule has 0 aliphatic carbocycles. The summed E-state index contributed by atoms with van der Waals surface area (Å²) >= 11 is 6.08. The summed E-state index contributed by atoms with van der Waals surface area (Å²) in [5.74, 6) is 0. The fraction of sp³-hybridized carbons (Fsp3) is 0.562. The molecule has 0 amide bonds.